The number of amides is 1. The van der Waals surface area contributed by atoms with Crippen LogP contribution >= 0.6 is 0 Å². The lowest BCUT2D eigenvalue weighted by Gasteiger charge is -2.15. The zero-order valence-electron chi connectivity index (χ0n) is 16.3. The highest BCUT2D eigenvalue weighted by Crippen LogP contribution is 2.24. The first-order valence-corrected chi connectivity index (χ1v) is 10.1. The quantitative estimate of drug-likeness (QED) is 0.689. The van der Waals surface area contributed by atoms with Crippen LogP contribution in [0.3, 0.4) is 0 Å². The smallest absolute Gasteiger partial charge is 0.244 e. The second-order valence-corrected chi connectivity index (χ2v) is 8.80. The van der Waals surface area contributed by atoms with Crippen molar-refractivity contribution in [3.05, 3.63) is 54.2 Å². The van der Waals surface area contributed by atoms with Crippen molar-refractivity contribution >= 4 is 32.5 Å². The zero-order chi connectivity index (χ0) is 20.5. The van der Waals surface area contributed by atoms with E-state index < -0.39 is 10.0 Å². The van der Waals surface area contributed by atoms with E-state index in [0.717, 1.165) is 21.0 Å². The molecule has 1 heterocycles. The van der Waals surface area contributed by atoms with Gasteiger partial charge in [0, 0.05) is 36.9 Å². The van der Waals surface area contributed by atoms with E-state index in [1.165, 1.54) is 20.2 Å². The van der Waals surface area contributed by atoms with Crippen LogP contribution in [-0.2, 0) is 21.4 Å². The third-order valence-electron chi connectivity index (χ3n) is 4.52. The molecule has 3 aromatic rings. The van der Waals surface area contributed by atoms with Crippen molar-refractivity contribution in [2.75, 3.05) is 26.5 Å². The molecule has 0 aliphatic rings. The van der Waals surface area contributed by atoms with E-state index in [0.29, 0.717) is 11.3 Å². The molecule has 0 radical (unpaired) electrons. The molecular weight excluding hydrogens is 378 g/mol. The third-order valence-corrected chi connectivity index (χ3v) is 6.48. The Balaban J connectivity index is 1.81. The Kier molecular flexibility index (Phi) is 5.44. The first-order chi connectivity index (χ1) is 13.2. The number of rotatable bonds is 6. The number of sulfonamides is 1. The Bertz CT molecular complexity index is 1130. The van der Waals surface area contributed by atoms with Gasteiger partial charge >= 0.3 is 0 Å². The number of hydrogen-bond donors (Lipinski definition) is 1. The van der Waals surface area contributed by atoms with Gasteiger partial charge in [0.2, 0.25) is 15.9 Å². The molecule has 8 heteroatoms. The molecule has 1 N–H and O–H groups in total. The Morgan fingerprint density at radius 1 is 1.14 bits per heavy atom. The number of methoxy groups -OCH3 is 1. The topological polar surface area (TPSA) is 80.6 Å². The number of aromatic nitrogens is 1. The molecule has 0 aliphatic heterocycles. The van der Waals surface area contributed by atoms with Gasteiger partial charge in [0.15, 0.2) is 0 Å². The number of ether oxygens (including phenoxy) is 1. The lowest BCUT2D eigenvalue weighted by Crippen LogP contribution is -2.23. The van der Waals surface area contributed by atoms with Gasteiger partial charge in [-0.2, -0.15) is 0 Å². The molecule has 148 valence electrons. The van der Waals surface area contributed by atoms with Gasteiger partial charge in [-0.3, -0.25) is 4.79 Å². The van der Waals surface area contributed by atoms with Gasteiger partial charge in [-0.25, -0.2) is 12.7 Å². The van der Waals surface area contributed by atoms with Crippen molar-refractivity contribution in [1.82, 2.24) is 8.87 Å². The first kappa shape index (κ1) is 19.9. The molecule has 1 aromatic heterocycles. The minimum Gasteiger partial charge on any atom is -0.497 e. The largest absolute Gasteiger partial charge is 0.497 e. The molecule has 3 rings (SSSR count). The van der Waals surface area contributed by atoms with Gasteiger partial charge in [-0.15, -0.1) is 0 Å². The Morgan fingerprint density at radius 3 is 2.57 bits per heavy atom. The Hall–Kier alpha value is -2.84. The van der Waals surface area contributed by atoms with Gasteiger partial charge in [-0.1, -0.05) is 6.07 Å². The van der Waals surface area contributed by atoms with Gasteiger partial charge in [0.25, 0.3) is 0 Å². The van der Waals surface area contributed by atoms with Crippen molar-refractivity contribution in [3.8, 4) is 5.75 Å². The summed E-state index contributed by atoms with van der Waals surface area (Å²) in [6.07, 6.45) is 1.83. The summed E-state index contributed by atoms with van der Waals surface area (Å²) in [5.74, 6) is 0.509. The summed E-state index contributed by atoms with van der Waals surface area (Å²) in [4.78, 5) is 12.7. The molecule has 0 saturated heterocycles. The van der Waals surface area contributed by atoms with E-state index in [2.05, 4.69) is 5.32 Å². The molecule has 1 amide bonds. The lowest BCUT2D eigenvalue weighted by molar-refractivity contribution is -0.116. The number of hydrogen-bond acceptors (Lipinski definition) is 4. The van der Waals surface area contributed by atoms with Crippen LogP contribution in [0.15, 0.2) is 53.6 Å². The highest BCUT2D eigenvalue weighted by Gasteiger charge is 2.20. The number of carbonyl (C=O) groups excluding carboxylic acids is 1. The van der Waals surface area contributed by atoms with Crippen molar-refractivity contribution < 1.29 is 17.9 Å². The van der Waals surface area contributed by atoms with Crippen molar-refractivity contribution in [2.45, 2.75) is 18.4 Å². The van der Waals surface area contributed by atoms with Crippen LogP contribution in [0.2, 0.25) is 0 Å². The fourth-order valence-electron chi connectivity index (χ4n) is 2.95. The minimum atomic E-state index is -3.59. The summed E-state index contributed by atoms with van der Waals surface area (Å²) in [6, 6.07) is 12.4. The molecule has 0 unspecified atom stereocenters. The molecule has 0 atom stereocenters. The lowest BCUT2D eigenvalue weighted by atomic mass is 10.2. The number of aryl methyl sites for hydroxylation is 1. The number of carbonyl (C=O) groups is 1. The molecular formula is C20H23N3O4S. The summed E-state index contributed by atoms with van der Waals surface area (Å²) in [7, 11) is 0.979. The molecule has 0 spiro atoms. The summed E-state index contributed by atoms with van der Waals surface area (Å²) in [6.45, 7) is 1.84. The predicted molar refractivity (Wildman–Crippen MR) is 109 cm³/mol. The Labute approximate surface area is 164 Å². The standard InChI is InChI=1S/C20H23N3O4S/c1-14-5-6-16(12-19(14)28(25,26)22(2)3)21-20(24)13-23-10-9-15-11-17(27-4)7-8-18(15)23/h5-12H,13H2,1-4H3,(H,21,24). The second-order valence-electron chi connectivity index (χ2n) is 6.68. The van der Waals surface area contributed by atoms with E-state index in [9.17, 15) is 13.2 Å². The maximum atomic E-state index is 12.5. The highest BCUT2D eigenvalue weighted by molar-refractivity contribution is 7.89. The van der Waals surface area contributed by atoms with Crippen molar-refractivity contribution in [3.63, 3.8) is 0 Å². The van der Waals surface area contributed by atoms with Crippen LogP contribution in [-0.4, -0.2) is 44.4 Å². The molecule has 0 fully saturated rings. The van der Waals surface area contributed by atoms with Gasteiger partial charge in [0.05, 0.1) is 12.0 Å². The molecule has 28 heavy (non-hydrogen) atoms. The SMILES string of the molecule is COc1ccc2c(ccn2CC(=O)Nc2ccc(C)c(S(=O)(=O)N(C)C)c2)c1. The summed E-state index contributed by atoms with van der Waals surface area (Å²) >= 11 is 0. The molecule has 2 aromatic carbocycles. The molecule has 0 saturated carbocycles. The van der Waals surface area contributed by atoms with Crippen LogP contribution < -0.4 is 10.1 Å². The average molecular weight is 401 g/mol. The zero-order valence-corrected chi connectivity index (χ0v) is 17.1. The monoisotopic (exact) mass is 401 g/mol. The second kappa shape index (κ2) is 7.65. The Morgan fingerprint density at radius 2 is 1.89 bits per heavy atom. The third kappa shape index (κ3) is 3.88. The number of anilines is 1. The van der Waals surface area contributed by atoms with Crippen LogP contribution in [0.4, 0.5) is 5.69 Å². The number of nitrogens with one attached hydrogen (secondary N) is 1. The molecule has 0 bridgehead atoms. The number of nitrogens with zero attached hydrogens (tertiary/aromatic N) is 2. The van der Waals surface area contributed by atoms with E-state index in [1.807, 2.05) is 35.0 Å². The highest BCUT2D eigenvalue weighted by atomic mass is 32.2. The summed E-state index contributed by atoms with van der Waals surface area (Å²) in [5, 5.41) is 3.75. The normalized spacial score (nSPS) is 11.8. The van der Waals surface area contributed by atoms with E-state index in [4.69, 9.17) is 4.74 Å². The van der Waals surface area contributed by atoms with Crippen molar-refractivity contribution in [2.24, 2.45) is 0 Å². The maximum absolute atomic E-state index is 12.5. The van der Waals surface area contributed by atoms with Crippen LogP contribution in [0.25, 0.3) is 10.9 Å². The molecule has 7 nitrogen and oxygen atoms in total. The van der Waals surface area contributed by atoms with E-state index in [-0.39, 0.29) is 17.3 Å². The average Bonchev–Trinajstić information content (AvgIpc) is 3.04. The van der Waals surface area contributed by atoms with Gasteiger partial charge in [-0.05, 0) is 48.9 Å². The maximum Gasteiger partial charge on any atom is 0.244 e. The first-order valence-electron chi connectivity index (χ1n) is 8.68. The summed E-state index contributed by atoms with van der Waals surface area (Å²) in [5.41, 5.74) is 1.97. The van der Waals surface area contributed by atoms with Crippen LogP contribution in [0.1, 0.15) is 5.56 Å². The van der Waals surface area contributed by atoms with Gasteiger partial charge in [0.1, 0.15) is 12.3 Å². The number of fused-ring (bicyclic) bond motifs is 1. The fourth-order valence-corrected chi connectivity index (χ4v) is 4.09. The van der Waals surface area contributed by atoms with E-state index in [1.54, 1.807) is 26.2 Å². The predicted octanol–water partition coefficient (Wildman–Crippen LogP) is 2.85. The molecule has 0 aliphatic carbocycles. The summed E-state index contributed by atoms with van der Waals surface area (Å²) < 4.78 is 33.1. The van der Waals surface area contributed by atoms with Crippen molar-refractivity contribution in [1.29, 1.82) is 0 Å². The fraction of sp³-hybridized carbons (Fsp3) is 0.250. The van der Waals surface area contributed by atoms with E-state index >= 15 is 0 Å². The van der Waals surface area contributed by atoms with Crippen LogP contribution in [0, 0.1) is 6.92 Å². The van der Waals surface area contributed by atoms with Gasteiger partial charge < -0.3 is 14.6 Å². The van der Waals surface area contributed by atoms with Crippen LogP contribution in [0.5, 0.6) is 5.75 Å². The minimum absolute atomic E-state index is 0.111. The number of benzene rings is 2.